The minimum atomic E-state index is -0.900. The normalized spacial score (nSPS) is 31.4. The summed E-state index contributed by atoms with van der Waals surface area (Å²) in [6.07, 6.45) is 12.6. The van der Waals surface area contributed by atoms with Gasteiger partial charge in [0.1, 0.15) is 6.10 Å². The summed E-state index contributed by atoms with van der Waals surface area (Å²) < 4.78 is 40.0. The Bertz CT molecular complexity index is 803. The van der Waals surface area contributed by atoms with Crippen molar-refractivity contribution in [2.75, 3.05) is 6.61 Å². The van der Waals surface area contributed by atoms with Crippen molar-refractivity contribution in [3.63, 3.8) is 0 Å². The zero-order valence-corrected chi connectivity index (χ0v) is 20.3. The molecule has 0 radical (unpaired) electrons. The first kappa shape index (κ1) is 24.5. The molecule has 0 bridgehead atoms. The number of benzene rings is 1. The van der Waals surface area contributed by atoms with Crippen LogP contribution in [0.4, 0.5) is 8.78 Å². The predicted molar refractivity (Wildman–Crippen MR) is 125 cm³/mol. The molecule has 4 atom stereocenters. The highest BCUT2D eigenvalue weighted by atomic mass is 19.2. The van der Waals surface area contributed by atoms with Gasteiger partial charge in [-0.2, -0.15) is 4.39 Å². The molecule has 3 aliphatic rings. The molecule has 33 heavy (non-hydrogen) atoms. The Labute approximate surface area is 197 Å². The van der Waals surface area contributed by atoms with Crippen LogP contribution in [0.15, 0.2) is 12.1 Å². The summed E-state index contributed by atoms with van der Waals surface area (Å²) in [5, 5.41) is 0. The van der Waals surface area contributed by atoms with Crippen LogP contribution in [0.1, 0.15) is 102 Å². The SMILES string of the molecule is CCCCCC1CCC2C(C(=O)OC3CCC(c4ccc(OCC)c(F)c4F)CC3)CCC12. The molecule has 3 fully saturated rings. The first-order valence-electron chi connectivity index (χ1n) is 13.3. The molecule has 3 aliphatic carbocycles. The maximum absolute atomic E-state index is 14.6. The molecule has 4 rings (SSSR count). The smallest absolute Gasteiger partial charge is 0.309 e. The Balaban J connectivity index is 1.27. The highest BCUT2D eigenvalue weighted by Gasteiger charge is 2.48. The monoisotopic (exact) mass is 462 g/mol. The van der Waals surface area contributed by atoms with Gasteiger partial charge in [-0.05, 0) is 93.6 Å². The maximum Gasteiger partial charge on any atom is 0.309 e. The molecule has 0 aromatic heterocycles. The summed E-state index contributed by atoms with van der Waals surface area (Å²) in [4.78, 5) is 13.0. The molecule has 1 aromatic rings. The number of rotatable bonds is 9. The number of fused-ring (bicyclic) bond motifs is 1. The van der Waals surface area contributed by atoms with Crippen molar-refractivity contribution in [3.05, 3.63) is 29.3 Å². The molecule has 0 saturated heterocycles. The molecule has 0 spiro atoms. The summed E-state index contributed by atoms with van der Waals surface area (Å²) in [7, 11) is 0. The van der Waals surface area contributed by atoms with Crippen LogP contribution in [0.2, 0.25) is 0 Å². The number of unbranched alkanes of at least 4 members (excludes halogenated alkanes) is 2. The Morgan fingerprint density at radius 3 is 2.39 bits per heavy atom. The lowest BCUT2D eigenvalue weighted by molar-refractivity contribution is -0.157. The van der Waals surface area contributed by atoms with Crippen molar-refractivity contribution in [1.82, 2.24) is 0 Å². The molecule has 3 nitrogen and oxygen atoms in total. The van der Waals surface area contributed by atoms with E-state index in [-0.39, 0.29) is 29.7 Å². The topological polar surface area (TPSA) is 35.5 Å². The second-order valence-corrected chi connectivity index (χ2v) is 10.5. The van der Waals surface area contributed by atoms with Gasteiger partial charge >= 0.3 is 5.97 Å². The highest BCUT2D eigenvalue weighted by molar-refractivity contribution is 5.73. The van der Waals surface area contributed by atoms with Gasteiger partial charge in [0.2, 0.25) is 5.82 Å². The summed E-state index contributed by atoms with van der Waals surface area (Å²) in [6, 6.07) is 3.17. The van der Waals surface area contributed by atoms with Gasteiger partial charge in [0, 0.05) is 0 Å². The van der Waals surface area contributed by atoms with E-state index < -0.39 is 11.6 Å². The van der Waals surface area contributed by atoms with E-state index in [1.165, 1.54) is 51.0 Å². The molecule has 0 amide bonds. The fourth-order valence-electron chi connectivity index (χ4n) is 6.90. The molecular weight excluding hydrogens is 422 g/mol. The lowest BCUT2D eigenvalue weighted by atomic mass is 9.82. The summed E-state index contributed by atoms with van der Waals surface area (Å²) >= 11 is 0. The lowest BCUT2D eigenvalue weighted by Crippen LogP contribution is -2.29. The first-order chi connectivity index (χ1) is 16.0. The molecule has 3 saturated carbocycles. The summed E-state index contributed by atoms with van der Waals surface area (Å²) in [5.74, 6) is 0.333. The zero-order chi connectivity index (χ0) is 23.4. The second kappa shape index (κ2) is 11.2. The van der Waals surface area contributed by atoms with E-state index in [1.54, 1.807) is 13.0 Å². The first-order valence-corrected chi connectivity index (χ1v) is 13.3. The van der Waals surface area contributed by atoms with Crippen LogP contribution < -0.4 is 4.74 Å². The van der Waals surface area contributed by atoms with Crippen LogP contribution >= 0.6 is 0 Å². The van der Waals surface area contributed by atoms with Crippen LogP contribution in [-0.2, 0) is 9.53 Å². The van der Waals surface area contributed by atoms with Gasteiger partial charge in [-0.1, -0.05) is 38.7 Å². The molecule has 4 unspecified atom stereocenters. The minimum Gasteiger partial charge on any atom is -0.491 e. The van der Waals surface area contributed by atoms with Crippen LogP contribution in [0.3, 0.4) is 0 Å². The van der Waals surface area contributed by atoms with Crippen molar-refractivity contribution in [2.24, 2.45) is 23.7 Å². The number of carbonyl (C=O) groups is 1. The Kier molecular flexibility index (Phi) is 8.29. The van der Waals surface area contributed by atoms with Crippen molar-refractivity contribution in [3.8, 4) is 5.75 Å². The van der Waals surface area contributed by atoms with Crippen molar-refractivity contribution >= 4 is 5.97 Å². The summed E-state index contributed by atoms with van der Waals surface area (Å²) in [6.45, 7) is 4.30. The Hall–Kier alpha value is -1.65. The van der Waals surface area contributed by atoms with E-state index in [4.69, 9.17) is 9.47 Å². The Morgan fingerprint density at radius 1 is 0.909 bits per heavy atom. The van der Waals surface area contributed by atoms with Crippen molar-refractivity contribution in [2.45, 2.75) is 103 Å². The van der Waals surface area contributed by atoms with E-state index in [9.17, 15) is 13.6 Å². The highest BCUT2D eigenvalue weighted by Crippen LogP contribution is 2.52. The molecule has 1 aromatic carbocycles. The largest absolute Gasteiger partial charge is 0.491 e. The van der Waals surface area contributed by atoms with Gasteiger partial charge in [-0.25, -0.2) is 4.39 Å². The number of esters is 1. The van der Waals surface area contributed by atoms with E-state index >= 15 is 0 Å². The van der Waals surface area contributed by atoms with Crippen LogP contribution in [0, 0.1) is 35.3 Å². The number of hydrogen-bond donors (Lipinski definition) is 0. The van der Waals surface area contributed by atoms with E-state index in [0.717, 1.165) is 12.3 Å². The van der Waals surface area contributed by atoms with Gasteiger partial charge in [-0.15, -0.1) is 0 Å². The standard InChI is InChI=1S/C28H40F2O3/c1-3-5-6-7-18-10-13-23-21(18)14-15-24(23)28(31)33-20-11-8-19(9-12-20)22-16-17-25(32-4-2)27(30)26(22)29/h16-21,23-24H,3-15H2,1-2H3. The fraction of sp³-hybridized carbons (Fsp3) is 0.750. The molecule has 184 valence electrons. The number of ether oxygens (including phenoxy) is 2. The maximum atomic E-state index is 14.6. The third-order valence-electron chi connectivity index (χ3n) is 8.61. The van der Waals surface area contributed by atoms with Gasteiger partial charge in [0.25, 0.3) is 0 Å². The van der Waals surface area contributed by atoms with E-state index in [2.05, 4.69) is 6.92 Å². The van der Waals surface area contributed by atoms with Crippen LogP contribution in [0.5, 0.6) is 5.75 Å². The second-order valence-electron chi connectivity index (χ2n) is 10.5. The average molecular weight is 463 g/mol. The molecule has 0 N–H and O–H groups in total. The number of carbonyl (C=O) groups excluding carboxylic acids is 1. The van der Waals surface area contributed by atoms with Gasteiger partial charge in [-0.3, -0.25) is 4.79 Å². The van der Waals surface area contributed by atoms with E-state index in [1.807, 2.05) is 0 Å². The summed E-state index contributed by atoms with van der Waals surface area (Å²) in [5.41, 5.74) is 0.416. The molecule has 5 heteroatoms. The van der Waals surface area contributed by atoms with Crippen LogP contribution in [-0.4, -0.2) is 18.7 Å². The van der Waals surface area contributed by atoms with Crippen molar-refractivity contribution < 1.29 is 23.0 Å². The number of hydrogen-bond acceptors (Lipinski definition) is 3. The minimum absolute atomic E-state index is 0.00143. The average Bonchev–Trinajstić information content (AvgIpc) is 3.41. The Morgan fingerprint density at radius 2 is 1.67 bits per heavy atom. The van der Waals surface area contributed by atoms with Crippen molar-refractivity contribution in [1.29, 1.82) is 0 Å². The third kappa shape index (κ3) is 5.38. The fourth-order valence-corrected chi connectivity index (χ4v) is 6.90. The molecular formula is C28H40F2O3. The van der Waals surface area contributed by atoms with Gasteiger partial charge in [0.05, 0.1) is 12.5 Å². The quantitative estimate of drug-likeness (QED) is 0.280. The van der Waals surface area contributed by atoms with Gasteiger partial charge in [0.15, 0.2) is 11.6 Å². The van der Waals surface area contributed by atoms with E-state index in [0.29, 0.717) is 49.7 Å². The lowest BCUT2D eigenvalue weighted by Gasteiger charge is -2.30. The molecule has 0 heterocycles. The molecule has 0 aliphatic heterocycles. The number of halogens is 2. The van der Waals surface area contributed by atoms with Crippen LogP contribution in [0.25, 0.3) is 0 Å². The third-order valence-corrected chi connectivity index (χ3v) is 8.61. The van der Waals surface area contributed by atoms with Gasteiger partial charge < -0.3 is 9.47 Å². The predicted octanol–water partition coefficient (Wildman–Crippen LogP) is 7.57. The zero-order valence-electron chi connectivity index (χ0n) is 20.3.